The molecule has 1 unspecified atom stereocenters. The fraction of sp³-hybridized carbons (Fsp3) is 0.600. The molecular weight excluding hydrogens is 452 g/mol. The summed E-state index contributed by atoms with van der Waals surface area (Å²) in [6, 6.07) is 12.6. The topological polar surface area (TPSA) is 61.0 Å². The third-order valence-electron chi connectivity index (χ3n) is 7.17. The average Bonchev–Trinajstić information content (AvgIpc) is 2.90. The Morgan fingerprint density at radius 2 is 1.33 bits per heavy atom. The van der Waals surface area contributed by atoms with Gasteiger partial charge in [-0.05, 0) is 93.0 Å². The molecule has 0 radical (unpaired) electrons. The molecule has 6 nitrogen and oxygen atoms in total. The lowest BCUT2D eigenvalue weighted by Crippen LogP contribution is -2.43. The van der Waals surface area contributed by atoms with Crippen LogP contribution < -0.4 is 29.6 Å². The Balaban J connectivity index is 1.96. The van der Waals surface area contributed by atoms with E-state index in [1.165, 1.54) is 11.1 Å². The van der Waals surface area contributed by atoms with Crippen molar-refractivity contribution in [3.05, 3.63) is 47.5 Å². The first kappa shape index (κ1) is 29.8. The van der Waals surface area contributed by atoms with Gasteiger partial charge in [0.1, 0.15) is 0 Å². The van der Waals surface area contributed by atoms with Crippen LogP contribution in [0.15, 0.2) is 36.4 Å². The number of benzene rings is 2. The smallest absolute Gasteiger partial charge is 0.161 e. The van der Waals surface area contributed by atoms with Crippen LogP contribution in [0.5, 0.6) is 23.0 Å². The fourth-order valence-corrected chi connectivity index (χ4v) is 4.90. The minimum atomic E-state index is 0.0239. The molecule has 2 N–H and O–H groups in total. The summed E-state index contributed by atoms with van der Waals surface area (Å²) < 4.78 is 21.9. The highest BCUT2D eigenvalue weighted by molar-refractivity contribution is 5.46. The van der Waals surface area contributed by atoms with Gasteiger partial charge >= 0.3 is 0 Å². The summed E-state index contributed by atoms with van der Waals surface area (Å²) in [5.74, 6) is 3.61. The molecule has 0 bridgehead atoms. The molecule has 0 saturated heterocycles. The highest BCUT2D eigenvalue weighted by Crippen LogP contribution is 2.40. The van der Waals surface area contributed by atoms with E-state index < -0.39 is 0 Å². The standard InChI is InChI=1S/C30H48N2O4/c1-8-17-32-22-30(23(2)3,25-13-15-27(34-5)29(21-25)36-7)16-10-19-31-18-9-11-24-12-14-26(33-4)28(20-24)35-6/h12-15,20-21,23,31-32H,8-11,16-19,22H2,1-7H3. The van der Waals surface area contributed by atoms with Gasteiger partial charge in [-0.15, -0.1) is 0 Å². The largest absolute Gasteiger partial charge is 0.493 e. The molecule has 0 spiro atoms. The van der Waals surface area contributed by atoms with Crippen molar-refractivity contribution in [2.24, 2.45) is 5.92 Å². The van der Waals surface area contributed by atoms with E-state index in [-0.39, 0.29) is 5.41 Å². The molecular formula is C30H48N2O4. The van der Waals surface area contributed by atoms with Gasteiger partial charge < -0.3 is 29.6 Å². The van der Waals surface area contributed by atoms with Gasteiger partial charge in [0, 0.05) is 12.0 Å². The lowest BCUT2D eigenvalue weighted by Gasteiger charge is -2.39. The number of rotatable bonds is 18. The van der Waals surface area contributed by atoms with Crippen LogP contribution in [0.3, 0.4) is 0 Å². The quantitative estimate of drug-likeness (QED) is 0.259. The highest BCUT2D eigenvalue weighted by atomic mass is 16.5. The fourth-order valence-electron chi connectivity index (χ4n) is 4.90. The molecule has 0 aliphatic heterocycles. The second-order valence-corrected chi connectivity index (χ2v) is 9.70. The van der Waals surface area contributed by atoms with Gasteiger partial charge in [-0.3, -0.25) is 0 Å². The predicted octanol–water partition coefficient (Wildman–Crippen LogP) is 5.62. The second-order valence-electron chi connectivity index (χ2n) is 9.70. The zero-order chi connectivity index (χ0) is 26.4. The molecule has 0 aliphatic rings. The third-order valence-corrected chi connectivity index (χ3v) is 7.17. The normalized spacial score (nSPS) is 12.9. The molecule has 6 heteroatoms. The van der Waals surface area contributed by atoms with E-state index in [1.54, 1.807) is 28.4 Å². The second kappa shape index (κ2) is 15.6. The summed E-state index contributed by atoms with van der Waals surface area (Å²) in [6.45, 7) is 10.9. The zero-order valence-electron chi connectivity index (χ0n) is 23.5. The maximum Gasteiger partial charge on any atom is 0.161 e. The molecule has 0 heterocycles. The minimum absolute atomic E-state index is 0.0239. The van der Waals surface area contributed by atoms with E-state index in [4.69, 9.17) is 18.9 Å². The first-order valence-corrected chi connectivity index (χ1v) is 13.3. The maximum atomic E-state index is 5.64. The van der Waals surface area contributed by atoms with Crippen LogP contribution in [0.25, 0.3) is 0 Å². The highest BCUT2D eigenvalue weighted by Gasteiger charge is 2.35. The zero-order valence-corrected chi connectivity index (χ0v) is 23.5. The Hall–Kier alpha value is -2.44. The van der Waals surface area contributed by atoms with Gasteiger partial charge in [0.15, 0.2) is 23.0 Å². The molecule has 0 aliphatic carbocycles. The van der Waals surface area contributed by atoms with Crippen molar-refractivity contribution >= 4 is 0 Å². The third kappa shape index (κ3) is 8.04. The lowest BCUT2D eigenvalue weighted by atomic mass is 9.68. The SMILES string of the molecule is CCCNCC(CCCNCCCc1ccc(OC)c(OC)c1)(c1ccc(OC)c(OC)c1)C(C)C. The van der Waals surface area contributed by atoms with E-state index in [0.717, 1.165) is 81.3 Å². The van der Waals surface area contributed by atoms with E-state index in [9.17, 15) is 0 Å². The predicted molar refractivity (Wildman–Crippen MR) is 149 cm³/mol. The Morgan fingerprint density at radius 3 is 1.94 bits per heavy atom. The Bertz CT molecular complexity index is 903. The molecule has 2 rings (SSSR count). The number of hydrogen-bond acceptors (Lipinski definition) is 6. The van der Waals surface area contributed by atoms with Crippen LogP contribution in [0.1, 0.15) is 57.6 Å². The van der Waals surface area contributed by atoms with Crippen molar-refractivity contribution in [2.45, 2.75) is 58.3 Å². The molecule has 0 aromatic heterocycles. The molecule has 1 atom stereocenters. The van der Waals surface area contributed by atoms with Crippen molar-refractivity contribution in [1.82, 2.24) is 10.6 Å². The van der Waals surface area contributed by atoms with E-state index in [2.05, 4.69) is 55.7 Å². The van der Waals surface area contributed by atoms with Gasteiger partial charge in [-0.2, -0.15) is 0 Å². The Kier molecular flexibility index (Phi) is 12.9. The van der Waals surface area contributed by atoms with Crippen molar-refractivity contribution < 1.29 is 18.9 Å². The Morgan fingerprint density at radius 1 is 0.722 bits per heavy atom. The van der Waals surface area contributed by atoms with Crippen LogP contribution in [0, 0.1) is 5.92 Å². The van der Waals surface area contributed by atoms with Crippen LogP contribution in [0.4, 0.5) is 0 Å². The molecule has 36 heavy (non-hydrogen) atoms. The first-order valence-electron chi connectivity index (χ1n) is 13.3. The van der Waals surface area contributed by atoms with Gasteiger partial charge in [0.2, 0.25) is 0 Å². The summed E-state index contributed by atoms with van der Waals surface area (Å²) in [5.41, 5.74) is 2.60. The number of ether oxygens (including phenoxy) is 4. The maximum absolute atomic E-state index is 5.64. The summed E-state index contributed by atoms with van der Waals surface area (Å²) in [6.07, 6.45) is 5.42. The van der Waals surface area contributed by atoms with Crippen molar-refractivity contribution in [1.29, 1.82) is 0 Å². The molecule has 0 amide bonds. The van der Waals surface area contributed by atoms with Crippen molar-refractivity contribution in [2.75, 3.05) is 54.6 Å². The number of aryl methyl sites for hydroxylation is 1. The summed E-state index contributed by atoms with van der Waals surface area (Å²) in [7, 11) is 6.74. The van der Waals surface area contributed by atoms with Crippen molar-refractivity contribution in [3.63, 3.8) is 0 Å². The molecule has 2 aromatic rings. The monoisotopic (exact) mass is 500 g/mol. The first-order chi connectivity index (χ1) is 17.4. The minimum Gasteiger partial charge on any atom is -0.493 e. The van der Waals surface area contributed by atoms with Gasteiger partial charge in [-0.25, -0.2) is 0 Å². The van der Waals surface area contributed by atoms with Gasteiger partial charge in [0.05, 0.1) is 28.4 Å². The number of methoxy groups -OCH3 is 4. The molecule has 0 saturated carbocycles. The number of nitrogens with one attached hydrogen (secondary N) is 2. The summed E-state index contributed by atoms with van der Waals surface area (Å²) in [4.78, 5) is 0. The van der Waals surface area contributed by atoms with E-state index in [1.807, 2.05) is 12.1 Å². The van der Waals surface area contributed by atoms with E-state index in [0.29, 0.717) is 5.92 Å². The molecule has 202 valence electrons. The van der Waals surface area contributed by atoms with Gasteiger partial charge in [0.25, 0.3) is 0 Å². The van der Waals surface area contributed by atoms with Crippen LogP contribution in [0.2, 0.25) is 0 Å². The van der Waals surface area contributed by atoms with Crippen LogP contribution in [-0.2, 0) is 11.8 Å². The van der Waals surface area contributed by atoms with Gasteiger partial charge in [-0.1, -0.05) is 32.9 Å². The van der Waals surface area contributed by atoms with E-state index >= 15 is 0 Å². The Labute approximate surface area is 219 Å². The molecule has 2 aromatic carbocycles. The summed E-state index contributed by atoms with van der Waals surface area (Å²) >= 11 is 0. The number of hydrogen-bond donors (Lipinski definition) is 2. The average molecular weight is 501 g/mol. The summed E-state index contributed by atoms with van der Waals surface area (Å²) in [5, 5.41) is 7.36. The van der Waals surface area contributed by atoms with Crippen molar-refractivity contribution in [3.8, 4) is 23.0 Å². The molecule has 0 fully saturated rings. The lowest BCUT2D eigenvalue weighted by molar-refractivity contribution is 0.261. The van der Waals surface area contributed by atoms with Crippen LogP contribution >= 0.6 is 0 Å². The van der Waals surface area contributed by atoms with Crippen LogP contribution in [-0.4, -0.2) is 54.6 Å².